The zero-order valence-corrected chi connectivity index (χ0v) is 17.7. The third-order valence-electron chi connectivity index (χ3n) is 7.21. The third kappa shape index (κ3) is 3.95. The summed E-state index contributed by atoms with van der Waals surface area (Å²) in [5, 5.41) is 0. The minimum atomic E-state index is -3.16. The number of fused-ring (bicyclic) bond motifs is 2. The standard InChI is InChI=1S/C24H27FN2O2S.2H2/c25-19-6-3-5-16(12-19)18-8-9-20(26-14-18)10-11-22-21-7-2-1-4-17(21)13-24-23(22)15-30(28,29)27-24;;/h3,5-6,8-12,14,17,21-24,27H,1-2,4,7,13,15H2;2*1H/b11-10+;;/t17-,21?,22-,23-,24+;;/m0../s1. The van der Waals surface area contributed by atoms with Gasteiger partial charge in [0.25, 0.3) is 0 Å². The predicted octanol–water partition coefficient (Wildman–Crippen LogP) is 5.14. The Bertz CT molecular complexity index is 1060. The Morgan fingerprint density at radius 2 is 1.97 bits per heavy atom. The molecule has 6 heteroatoms. The molecule has 5 atom stereocenters. The van der Waals surface area contributed by atoms with Crippen molar-refractivity contribution >= 4 is 16.1 Å². The van der Waals surface area contributed by atoms with Crippen LogP contribution in [-0.4, -0.2) is 25.2 Å². The Morgan fingerprint density at radius 3 is 2.77 bits per heavy atom. The highest BCUT2D eigenvalue weighted by molar-refractivity contribution is 7.89. The Balaban J connectivity index is 0.00000144. The number of aromatic nitrogens is 1. The number of halogens is 1. The monoisotopic (exact) mass is 430 g/mol. The summed E-state index contributed by atoms with van der Waals surface area (Å²) >= 11 is 0. The molecule has 1 N–H and O–H groups in total. The summed E-state index contributed by atoms with van der Waals surface area (Å²) in [5.74, 6) is 1.57. The van der Waals surface area contributed by atoms with Crippen LogP contribution in [0.1, 0.15) is 40.7 Å². The Hall–Kier alpha value is -2.05. The van der Waals surface area contributed by atoms with E-state index in [-0.39, 0.29) is 32.3 Å². The van der Waals surface area contributed by atoms with Crippen LogP contribution >= 0.6 is 0 Å². The maximum absolute atomic E-state index is 13.5. The second-order valence-electron chi connectivity index (χ2n) is 9.03. The van der Waals surface area contributed by atoms with E-state index < -0.39 is 10.0 Å². The van der Waals surface area contributed by atoms with Crippen molar-refractivity contribution < 1.29 is 15.7 Å². The van der Waals surface area contributed by atoms with Crippen molar-refractivity contribution in [3.63, 3.8) is 0 Å². The van der Waals surface area contributed by atoms with E-state index in [2.05, 4.69) is 15.8 Å². The van der Waals surface area contributed by atoms with E-state index in [1.807, 2.05) is 24.3 Å². The maximum Gasteiger partial charge on any atom is 0.212 e. The smallest absolute Gasteiger partial charge is 0.212 e. The van der Waals surface area contributed by atoms with Crippen LogP contribution in [0.2, 0.25) is 0 Å². The van der Waals surface area contributed by atoms with Gasteiger partial charge in [0.2, 0.25) is 10.0 Å². The van der Waals surface area contributed by atoms with Gasteiger partial charge in [-0.2, -0.15) is 0 Å². The molecule has 0 radical (unpaired) electrons. The molecule has 3 aliphatic rings. The maximum atomic E-state index is 13.5. The third-order valence-corrected chi connectivity index (χ3v) is 8.69. The van der Waals surface area contributed by atoms with Gasteiger partial charge in [-0.3, -0.25) is 4.98 Å². The van der Waals surface area contributed by atoms with Crippen molar-refractivity contribution in [3.8, 4) is 11.1 Å². The molecular weight excluding hydrogens is 399 g/mol. The first-order valence-corrected chi connectivity index (χ1v) is 12.5. The number of hydrogen-bond acceptors (Lipinski definition) is 3. The molecule has 1 saturated heterocycles. The van der Waals surface area contributed by atoms with Crippen molar-refractivity contribution in [2.75, 3.05) is 5.75 Å². The number of nitrogens with one attached hydrogen (secondary N) is 1. The topological polar surface area (TPSA) is 59.1 Å². The molecule has 1 aromatic heterocycles. The van der Waals surface area contributed by atoms with E-state index in [0.29, 0.717) is 11.8 Å². The van der Waals surface area contributed by atoms with Gasteiger partial charge in [-0.05, 0) is 66.4 Å². The average molecular weight is 431 g/mol. The van der Waals surface area contributed by atoms with E-state index in [4.69, 9.17) is 0 Å². The number of sulfonamides is 1. The summed E-state index contributed by atoms with van der Waals surface area (Å²) in [4.78, 5) is 4.54. The van der Waals surface area contributed by atoms with Crippen LogP contribution < -0.4 is 4.72 Å². The molecule has 2 heterocycles. The fraction of sp³-hybridized carbons (Fsp3) is 0.458. The zero-order chi connectivity index (χ0) is 20.7. The molecule has 162 valence electrons. The van der Waals surface area contributed by atoms with Crippen molar-refractivity contribution in [1.82, 2.24) is 9.71 Å². The van der Waals surface area contributed by atoms with E-state index in [9.17, 15) is 12.8 Å². The number of allylic oxidation sites excluding steroid dienone is 1. The SMILES string of the molecule is O=S1(=O)C[C@@H]2[C@@H](C[C@@H]3CCCCC3[C@@H]2/C=C/c2ccc(-c3cccc(F)c3)cn2)N1.[HH].[HH]. The average Bonchev–Trinajstić information content (AvgIpc) is 3.05. The lowest BCUT2D eigenvalue weighted by Gasteiger charge is -2.45. The fourth-order valence-electron chi connectivity index (χ4n) is 5.86. The van der Waals surface area contributed by atoms with E-state index in [0.717, 1.165) is 23.2 Å². The summed E-state index contributed by atoms with van der Waals surface area (Å²) in [5.41, 5.74) is 2.53. The molecule has 3 fully saturated rings. The van der Waals surface area contributed by atoms with Gasteiger partial charge in [0.1, 0.15) is 5.82 Å². The lowest BCUT2D eigenvalue weighted by Crippen LogP contribution is -2.45. The molecule has 30 heavy (non-hydrogen) atoms. The molecule has 0 amide bonds. The first-order valence-electron chi connectivity index (χ1n) is 10.9. The highest BCUT2D eigenvalue weighted by Gasteiger charge is 2.49. The van der Waals surface area contributed by atoms with Crippen molar-refractivity contribution in [2.24, 2.45) is 23.7 Å². The lowest BCUT2D eigenvalue weighted by atomic mass is 9.60. The number of pyridine rings is 1. The molecule has 1 aliphatic heterocycles. The first kappa shape index (κ1) is 19.9. The first-order chi connectivity index (χ1) is 14.5. The van der Waals surface area contributed by atoms with Gasteiger partial charge in [0.15, 0.2) is 0 Å². The summed E-state index contributed by atoms with van der Waals surface area (Å²) in [6.45, 7) is 0. The van der Waals surface area contributed by atoms with Gasteiger partial charge in [-0.15, -0.1) is 0 Å². The highest BCUT2D eigenvalue weighted by atomic mass is 32.2. The molecule has 2 saturated carbocycles. The number of rotatable bonds is 3. The van der Waals surface area contributed by atoms with Gasteiger partial charge < -0.3 is 0 Å². The molecular formula is C24H31FN2O2S. The van der Waals surface area contributed by atoms with Gasteiger partial charge in [0.05, 0.1) is 11.4 Å². The molecule has 4 nitrogen and oxygen atoms in total. The van der Waals surface area contributed by atoms with E-state index >= 15 is 0 Å². The number of hydrogen-bond donors (Lipinski definition) is 1. The van der Waals surface area contributed by atoms with Crippen LogP contribution in [0.5, 0.6) is 0 Å². The van der Waals surface area contributed by atoms with E-state index in [1.54, 1.807) is 12.3 Å². The number of nitrogens with zero attached hydrogens (tertiary/aromatic N) is 1. The predicted molar refractivity (Wildman–Crippen MR) is 121 cm³/mol. The molecule has 2 aromatic rings. The summed E-state index contributed by atoms with van der Waals surface area (Å²) < 4.78 is 40.9. The quantitative estimate of drug-likeness (QED) is 0.734. The highest BCUT2D eigenvalue weighted by Crippen LogP contribution is 2.49. The van der Waals surface area contributed by atoms with Gasteiger partial charge in [0, 0.05) is 20.7 Å². The van der Waals surface area contributed by atoms with Gasteiger partial charge in [-0.1, -0.05) is 43.5 Å². The van der Waals surface area contributed by atoms with Gasteiger partial charge >= 0.3 is 0 Å². The number of benzene rings is 1. The Morgan fingerprint density at radius 1 is 1.10 bits per heavy atom. The Kier molecular flexibility index (Phi) is 5.23. The molecule has 2 aliphatic carbocycles. The van der Waals surface area contributed by atoms with Crippen molar-refractivity contribution in [3.05, 3.63) is 60.2 Å². The van der Waals surface area contributed by atoms with E-state index in [1.165, 1.54) is 37.8 Å². The Labute approximate surface area is 180 Å². The molecule has 0 spiro atoms. The molecule has 5 rings (SSSR count). The second kappa shape index (κ2) is 7.89. The molecule has 1 unspecified atom stereocenters. The fourth-order valence-corrected chi connectivity index (χ4v) is 7.64. The summed E-state index contributed by atoms with van der Waals surface area (Å²) in [6, 6.07) is 10.5. The lowest BCUT2D eigenvalue weighted by molar-refractivity contribution is 0.0769. The second-order valence-corrected chi connectivity index (χ2v) is 10.8. The minimum Gasteiger partial charge on any atom is -0.256 e. The largest absolute Gasteiger partial charge is 0.256 e. The van der Waals surface area contributed by atoms with Gasteiger partial charge in [-0.25, -0.2) is 17.5 Å². The van der Waals surface area contributed by atoms with Crippen LogP contribution in [0, 0.1) is 29.5 Å². The van der Waals surface area contributed by atoms with Crippen LogP contribution in [0.4, 0.5) is 4.39 Å². The normalized spacial score (nSPS) is 32.6. The van der Waals surface area contributed by atoms with Crippen LogP contribution in [0.15, 0.2) is 48.7 Å². The summed E-state index contributed by atoms with van der Waals surface area (Å²) in [6.07, 6.45) is 11.9. The van der Waals surface area contributed by atoms with Crippen molar-refractivity contribution in [1.29, 1.82) is 0 Å². The van der Waals surface area contributed by atoms with Crippen LogP contribution in [0.3, 0.4) is 0 Å². The van der Waals surface area contributed by atoms with Crippen molar-refractivity contribution in [2.45, 2.75) is 38.1 Å². The summed E-state index contributed by atoms with van der Waals surface area (Å²) in [7, 11) is -3.16. The zero-order valence-electron chi connectivity index (χ0n) is 16.9. The molecule has 0 bridgehead atoms. The minimum absolute atomic E-state index is 0. The van der Waals surface area contributed by atoms with Crippen LogP contribution in [-0.2, 0) is 10.0 Å². The van der Waals surface area contributed by atoms with Crippen LogP contribution in [0.25, 0.3) is 17.2 Å². The molecule has 1 aromatic carbocycles.